The molecule has 0 bridgehead atoms. The Labute approximate surface area is 224 Å². The molecule has 4 rings (SSSR count). The van der Waals surface area contributed by atoms with Crippen LogP contribution in [0.15, 0.2) is 24.5 Å². The molecule has 6 nitrogen and oxygen atoms in total. The first-order valence-electron chi connectivity index (χ1n) is 14.6. The molecular formula is C30H48NO5P. The highest BCUT2D eigenvalue weighted by molar-refractivity contribution is 7.54. The quantitative estimate of drug-likeness (QED) is 0.223. The van der Waals surface area contributed by atoms with Crippen molar-refractivity contribution < 1.29 is 23.1 Å². The van der Waals surface area contributed by atoms with Crippen LogP contribution in [0.3, 0.4) is 0 Å². The van der Waals surface area contributed by atoms with Crippen molar-refractivity contribution in [2.45, 2.75) is 111 Å². The van der Waals surface area contributed by atoms with E-state index in [1.165, 1.54) is 0 Å². The predicted molar refractivity (Wildman–Crippen MR) is 146 cm³/mol. The molecule has 37 heavy (non-hydrogen) atoms. The first-order valence-corrected chi connectivity index (χ1v) is 16.3. The number of hydrogen-bond acceptors (Lipinski definition) is 6. The SMILES string of the molecule is CC(C)[C@@H]1CC[C@H](C)[C@H](OP(=O)(O[C@@H]2C[C@H](C(C)C)CC[C@@H]2C)[C@H](OC(=O)C2CC2)c2cccnc2)C1. The molecule has 1 heterocycles. The monoisotopic (exact) mass is 533 g/mol. The van der Waals surface area contributed by atoms with Crippen molar-refractivity contribution in [1.29, 1.82) is 0 Å². The van der Waals surface area contributed by atoms with E-state index in [2.05, 4.69) is 46.5 Å². The lowest BCUT2D eigenvalue weighted by Crippen LogP contribution is -2.35. The Morgan fingerprint density at radius 2 is 1.43 bits per heavy atom. The lowest BCUT2D eigenvalue weighted by molar-refractivity contribution is -0.149. The van der Waals surface area contributed by atoms with Crippen molar-refractivity contribution in [2.75, 3.05) is 0 Å². The summed E-state index contributed by atoms with van der Waals surface area (Å²) in [6.45, 7) is 13.4. The van der Waals surface area contributed by atoms with Gasteiger partial charge in [-0.15, -0.1) is 0 Å². The number of esters is 1. The van der Waals surface area contributed by atoms with E-state index in [1.807, 2.05) is 6.07 Å². The summed E-state index contributed by atoms with van der Waals surface area (Å²) in [5, 5.41) is 0. The van der Waals surface area contributed by atoms with Crippen molar-refractivity contribution in [3.8, 4) is 0 Å². The van der Waals surface area contributed by atoms with Crippen LogP contribution in [0.25, 0.3) is 0 Å². The Balaban J connectivity index is 1.68. The van der Waals surface area contributed by atoms with Crippen LogP contribution in [0.4, 0.5) is 0 Å². The molecule has 7 atom stereocenters. The van der Waals surface area contributed by atoms with Crippen molar-refractivity contribution in [3.63, 3.8) is 0 Å². The molecule has 0 N–H and O–H groups in total. The molecule has 0 spiro atoms. The minimum Gasteiger partial charge on any atom is -0.444 e. The molecule has 1 aromatic heterocycles. The van der Waals surface area contributed by atoms with E-state index in [0.717, 1.165) is 51.4 Å². The Morgan fingerprint density at radius 3 is 1.86 bits per heavy atom. The first-order chi connectivity index (χ1) is 17.6. The highest BCUT2D eigenvalue weighted by atomic mass is 31.2. The van der Waals surface area contributed by atoms with E-state index in [4.69, 9.17) is 13.8 Å². The second-order valence-corrected chi connectivity index (χ2v) is 14.7. The number of rotatable bonds is 10. The number of carbonyl (C=O) groups excluding carboxylic acids is 1. The van der Waals surface area contributed by atoms with E-state index in [0.29, 0.717) is 29.2 Å². The minimum absolute atomic E-state index is 0.120. The van der Waals surface area contributed by atoms with Gasteiger partial charge in [0, 0.05) is 18.0 Å². The molecule has 0 amide bonds. The van der Waals surface area contributed by atoms with Crippen LogP contribution in [-0.2, 0) is 23.1 Å². The zero-order valence-electron chi connectivity index (χ0n) is 23.7. The van der Waals surface area contributed by atoms with Crippen LogP contribution in [0.2, 0.25) is 0 Å². The molecule has 3 aliphatic rings. The van der Waals surface area contributed by atoms with Gasteiger partial charge in [-0.3, -0.25) is 14.3 Å². The molecule has 3 saturated carbocycles. The number of carbonyl (C=O) groups is 1. The minimum atomic E-state index is -3.93. The maximum atomic E-state index is 15.1. The molecule has 3 aliphatic carbocycles. The van der Waals surface area contributed by atoms with E-state index < -0.39 is 13.4 Å². The lowest BCUT2D eigenvalue weighted by atomic mass is 9.76. The summed E-state index contributed by atoms with van der Waals surface area (Å²) >= 11 is 0. The number of pyridine rings is 1. The van der Waals surface area contributed by atoms with Crippen molar-refractivity contribution in [1.82, 2.24) is 4.98 Å². The molecule has 208 valence electrons. The van der Waals surface area contributed by atoms with Gasteiger partial charge >= 0.3 is 13.6 Å². The van der Waals surface area contributed by atoms with Gasteiger partial charge in [-0.25, -0.2) is 0 Å². The van der Waals surface area contributed by atoms with Gasteiger partial charge in [-0.05, 0) is 92.9 Å². The van der Waals surface area contributed by atoms with Crippen molar-refractivity contribution >= 4 is 13.6 Å². The molecule has 7 heteroatoms. The predicted octanol–water partition coefficient (Wildman–Crippen LogP) is 8.18. The maximum Gasteiger partial charge on any atom is 0.376 e. The summed E-state index contributed by atoms with van der Waals surface area (Å²) in [6.07, 6.45) is 10.6. The fourth-order valence-electron chi connectivity index (χ4n) is 6.00. The lowest BCUT2D eigenvalue weighted by Gasteiger charge is -2.42. The average Bonchev–Trinajstić information content (AvgIpc) is 3.71. The first kappa shape index (κ1) is 28.8. The number of hydrogen-bond donors (Lipinski definition) is 0. The summed E-state index contributed by atoms with van der Waals surface area (Å²) in [4.78, 5) is 17.2. The molecule has 1 aromatic rings. The van der Waals surface area contributed by atoms with E-state index in [9.17, 15) is 4.79 Å². The maximum absolute atomic E-state index is 15.1. The molecule has 0 unspecified atom stereocenters. The van der Waals surface area contributed by atoms with Gasteiger partial charge in [-0.1, -0.05) is 47.6 Å². The molecular weight excluding hydrogens is 485 g/mol. The summed E-state index contributed by atoms with van der Waals surface area (Å²) < 4.78 is 34.5. The van der Waals surface area contributed by atoms with Gasteiger partial charge < -0.3 is 13.8 Å². The van der Waals surface area contributed by atoms with Gasteiger partial charge in [0.25, 0.3) is 0 Å². The van der Waals surface area contributed by atoms with Gasteiger partial charge in [-0.2, -0.15) is 0 Å². The van der Waals surface area contributed by atoms with Gasteiger partial charge in [0.2, 0.25) is 5.85 Å². The van der Waals surface area contributed by atoms with E-state index >= 15 is 4.57 Å². The summed E-state index contributed by atoms with van der Waals surface area (Å²) in [5.41, 5.74) is 0.576. The Kier molecular flexibility index (Phi) is 9.57. The normalized spacial score (nSPS) is 31.9. The second kappa shape index (κ2) is 12.3. The summed E-state index contributed by atoms with van der Waals surface area (Å²) in [5.74, 6) is 1.07. The van der Waals surface area contributed by atoms with Crippen LogP contribution in [0.1, 0.15) is 104 Å². The highest BCUT2D eigenvalue weighted by Gasteiger charge is 2.49. The van der Waals surface area contributed by atoms with E-state index in [-0.39, 0.29) is 35.9 Å². The Bertz CT molecular complexity index is 895. The zero-order chi connectivity index (χ0) is 26.7. The zero-order valence-corrected chi connectivity index (χ0v) is 24.6. The molecule has 0 radical (unpaired) electrons. The number of aromatic nitrogens is 1. The topological polar surface area (TPSA) is 74.7 Å². The standard InChI is InChI=1S/C30H48NO5P/c1-19(2)24-11-9-21(5)27(16-24)35-37(33,36-28-17-25(20(3)4)12-10-22(28)6)30(26-8-7-15-31-18-26)34-29(32)23-13-14-23/h7-8,15,18-25,27-28,30H,9-14,16-17H2,1-6H3/t21-,22-,24+,25+,27+,28+,30-/m0/s1. The molecule has 0 saturated heterocycles. The van der Waals surface area contributed by atoms with Crippen LogP contribution < -0.4 is 0 Å². The van der Waals surface area contributed by atoms with Crippen molar-refractivity contribution in [3.05, 3.63) is 30.1 Å². The molecule has 0 aromatic carbocycles. The summed E-state index contributed by atoms with van der Waals surface area (Å²) in [6, 6.07) is 3.60. The molecule has 0 aliphatic heterocycles. The molecule has 3 fully saturated rings. The largest absolute Gasteiger partial charge is 0.444 e. The number of ether oxygens (including phenoxy) is 1. The van der Waals surface area contributed by atoms with Gasteiger partial charge in [0.15, 0.2) is 0 Å². The van der Waals surface area contributed by atoms with Crippen molar-refractivity contribution in [2.24, 2.45) is 41.4 Å². The Hall–Kier alpha value is -1.23. The third-order valence-corrected chi connectivity index (χ3v) is 11.3. The van der Waals surface area contributed by atoms with Gasteiger partial charge in [0.05, 0.1) is 18.1 Å². The second-order valence-electron chi connectivity index (χ2n) is 12.8. The third-order valence-electron chi connectivity index (χ3n) is 9.17. The highest BCUT2D eigenvalue weighted by Crippen LogP contribution is 2.65. The van der Waals surface area contributed by atoms with Crippen LogP contribution in [0, 0.1) is 41.4 Å². The fraction of sp³-hybridized carbons (Fsp3) is 0.800. The van der Waals surface area contributed by atoms with Crippen LogP contribution >= 0.6 is 7.60 Å². The third kappa shape index (κ3) is 7.25. The fourth-order valence-corrected chi connectivity index (χ4v) is 8.37. The van der Waals surface area contributed by atoms with E-state index in [1.54, 1.807) is 18.5 Å². The van der Waals surface area contributed by atoms with Crippen LogP contribution in [-0.4, -0.2) is 23.2 Å². The van der Waals surface area contributed by atoms with Crippen LogP contribution in [0.5, 0.6) is 0 Å². The number of nitrogens with zero attached hydrogens (tertiary/aromatic N) is 1. The summed E-state index contributed by atoms with van der Waals surface area (Å²) in [7, 11) is -3.93. The Morgan fingerprint density at radius 1 is 0.892 bits per heavy atom. The van der Waals surface area contributed by atoms with Gasteiger partial charge in [0.1, 0.15) is 0 Å². The average molecular weight is 534 g/mol. The smallest absolute Gasteiger partial charge is 0.376 e.